The first-order valence-electron chi connectivity index (χ1n) is 8.45. The monoisotopic (exact) mass is 416 g/mol. The molecule has 0 aliphatic heterocycles. The Labute approximate surface area is 168 Å². The maximum atomic E-state index is 13.3. The summed E-state index contributed by atoms with van der Waals surface area (Å²) < 4.78 is 19.9. The fourth-order valence-corrected chi connectivity index (χ4v) is 2.89. The number of benzene rings is 2. The third-order valence-electron chi connectivity index (χ3n) is 4.39. The molecule has 0 fully saturated rings. The fourth-order valence-electron chi connectivity index (χ4n) is 2.89. The molecule has 0 aliphatic carbocycles. The molecule has 0 atom stereocenters. The third-order valence-corrected chi connectivity index (χ3v) is 4.39. The van der Waals surface area contributed by atoms with Crippen molar-refractivity contribution in [2.75, 3.05) is 17.7 Å². The zero-order valence-corrected chi connectivity index (χ0v) is 15.9. The lowest BCUT2D eigenvalue weighted by atomic mass is 10.2. The van der Waals surface area contributed by atoms with E-state index in [0.717, 1.165) is 23.7 Å². The Morgan fingerprint density at radius 2 is 1.80 bits per heavy atom. The number of rotatable bonds is 4. The van der Waals surface area contributed by atoms with E-state index in [1.807, 2.05) is 0 Å². The Balaban J connectivity index is 2.39. The number of hydrogen-bond donors (Lipinski definition) is 3. The number of phenolic OH excluding ortho intramolecular Hbond substituents is 1. The van der Waals surface area contributed by atoms with Crippen LogP contribution in [-0.2, 0) is 7.05 Å². The van der Waals surface area contributed by atoms with Crippen LogP contribution in [0.3, 0.4) is 0 Å². The molecular weight excluding hydrogens is 399 g/mol. The maximum Gasteiger partial charge on any atom is 0.416 e. The fraction of sp³-hybridized carbons (Fsp3) is 0.105. The normalized spacial score (nSPS) is 10.6. The van der Waals surface area contributed by atoms with Crippen molar-refractivity contribution in [3.8, 4) is 17.2 Å². The van der Waals surface area contributed by atoms with Crippen LogP contribution in [0.4, 0.5) is 26.4 Å². The number of carbonyl (C=O) groups is 1. The zero-order chi connectivity index (χ0) is 22.2. The quantitative estimate of drug-likeness (QED) is 0.589. The van der Waals surface area contributed by atoms with E-state index in [4.69, 9.17) is 10.5 Å². The van der Waals surface area contributed by atoms with Crippen molar-refractivity contribution in [3.05, 3.63) is 69.1 Å². The van der Waals surface area contributed by atoms with Gasteiger partial charge < -0.3 is 20.7 Å². The molecule has 30 heavy (non-hydrogen) atoms. The van der Waals surface area contributed by atoms with Gasteiger partial charge in [0.2, 0.25) is 0 Å². The smallest absolute Gasteiger partial charge is 0.416 e. The highest BCUT2D eigenvalue weighted by molar-refractivity contribution is 5.99. The van der Waals surface area contributed by atoms with Crippen LogP contribution in [0.5, 0.6) is 11.5 Å². The number of anilines is 3. The molecule has 1 aromatic heterocycles. The molecule has 1 heterocycles. The Bertz CT molecular complexity index is 1250. The second-order valence-corrected chi connectivity index (χ2v) is 6.17. The number of halogens is 1. The van der Waals surface area contributed by atoms with Crippen LogP contribution in [-0.4, -0.2) is 32.6 Å². The molecule has 10 nitrogen and oxygen atoms in total. The van der Waals surface area contributed by atoms with Crippen molar-refractivity contribution in [2.24, 2.45) is 7.05 Å². The van der Waals surface area contributed by atoms with Gasteiger partial charge in [0, 0.05) is 13.1 Å². The van der Waals surface area contributed by atoms with Crippen molar-refractivity contribution in [1.29, 1.82) is 0 Å². The van der Waals surface area contributed by atoms with E-state index >= 15 is 0 Å². The number of carboxylic acid groups (broad SMARTS) is 1. The number of aromatic hydroxyl groups is 1. The van der Waals surface area contributed by atoms with E-state index in [1.54, 1.807) is 0 Å². The van der Waals surface area contributed by atoms with E-state index in [2.05, 4.69) is 0 Å². The van der Waals surface area contributed by atoms with E-state index in [0.29, 0.717) is 9.47 Å². The molecule has 0 bridgehead atoms. The van der Waals surface area contributed by atoms with Gasteiger partial charge in [-0.3, -0.25) is 9.36 Å². The molecule has 0 aliphatic rings. The summed E-state index contributed by atoms with van der Waals surface area (Å²) in [5, 5.41) is 20.0. The molecule has 0 saturated heterocycles. The Kier molecular flexibility index (Phi) is 5.20. The van der Waals surface area contributed by atoms with E-state index in [-0.39, 0.29) is 17.1 Å². The number of aromatic nitrogens is 2. The van der Waals surface area contributed by atoms with E-state index in [1.165, 1.54) is 37.4 Å². The topological polar surface area (TPSA) is 140 Å². The summed E-state index contributed by atoms with van der Waals surface area (Å²) in [6.07, 6.45) is -1.65. The summed E-state index contributed by atoms with van der Waals surface area (Å²) in [5.74, 6) is -1.35. The van der Waals surface area contributed by atoms with Crippen LogP contribution < -0.4 is 26.6 Å². The van der Waals surface area contributed by atoms with E-state index in [9.17, 15) is 29.0 Å². The average Bonchev–Trinajstić information content (AvgIpc) is 2.71. The van der Waals surface area contributed by atoms with Crippen molar-refractivity contribution in [2.45, 2.75) is 0 Å². The SMILES string of the molecule is COc1ccc(O)c(N(C(=O)O)c2c(N)n(-c3ccc(F)cc3)c(=O)n(C)c2=O)c1. The summed E-state index contributed by atoms with van der Waals surface area (Å²) in [7, 11) is 2.47. The molecule has 4 N–H and O–H groups in total. The van der Waals surface area contributed by atoms with Crippen LogP contribution in [0, 0.1) is 5.82 Å². The number of ether oxygens (including phenoxy) is 1. The van der Waals surface area contributed by atoms with Crippen LogP contribution in [0.1, 0.15) is 0 Å². The van der Waals surface area contributed by atoms with Crippen LogP contribution in [0.25, 0.3) is 5.69 Å². The highest BCUT2D eigenvalue weighted by Gasteiger charge is 2.29. The summed E-state index contributed by atoms with van der Waals surface area (Å²) in [6.45, 7) is 0. The summed E-state index contributed by atoms with van der Waals surface area (Å²) in [6, 6.07) is 8.41. The largest absolute Gasteiger partial charge is 0.506 e. The van der Waals surface area contributed by atoms with Gasteiger partial charge in [0.1, 0.15) is 23.1 Å². The number of phenols is 1. The molecule has 0 unspecified atom stereocenters. The van der Waals surface area contributed by atoms with Crippen molar-refractivity contribution < 1.29 is 24.1 Å². The van der Waals surface area contributed by atoms with Gasteiger partial charge >= 0.3 is 11.8 Å². The first-order chi connectivity index (χ1) is 14.2. The Morgan fingerprint density at radius 3 is 2.37 bits per heavy atom. The standard InChI is InChI=1S/C19H17FN4O6/c1-22-17(26)15(16(21)23(18(22)27)11-5-3-10(20)4-6-11)24(19(28)29)13-9-12(30-2)7-8-14(13)25/h3-9,25H,21H2,1-2H3,(H,28,29). The minimum absolute atomic E-state index is 0.107. The van der Waals surface area contributed by atoms with Crippen molar-refractivity contribution in [3.63, 3.8) is 0 Å². The molecule has 0 saturated carbocycles. The lowest BCUT2D eigenvalue weighted by Crippen LogP contribution is -2.43. The van der Waals surface area contributed by atoms with Crippen molar-refractivity contribution in [1.82, 2.24) is 9.13 Å². The number of nitrogens with zero attached hydrogens (tertiary/aromatic N) is 3. The summed E-state index contributed by atoms with van der Waals surface area (Å²) in [4.78, 5) is 38.0. The summed E-state index contributed by atoms with van der Waals surface area (Å²) in [5.41, 5.74) is 3.38. The zero-order valence-electron chi connectivity index (χ0n) is 15.9. The molecule has 0 radical (unpaired) electrons. The highest BCUT2D eigenvalue weighted by atomic mass is 19.1. The van der Waals surface area contributed by atoms with Gasteiger partial charge in [0.15, 0.2) is 5.69 Å². The Hall–Kier alpha value is -4.28. The Morgan fingerprint density at radius 1 is 1.17 bits per heavy atom. The molecule has 3 aromatic rings. The molecule has 2 aromatic carbocycles. The lowest BCUT2D eigenvalue weighted by Gasteiger charge is -2.24. The number of nitrogen functional groups attached to an aromatic ring is 1. The molecule has 0 spiro atoms. The maximum absolute atomic E-state index is 13.3. The second kappa shape index (κ2) is 7.62. The number of nitrogens with two attached hydrogens (primary N) is 1. The molecular formula is C19H17FN4O6. The average molecular weight is 416 g/mol. The van der Waals surface area contributed by atoms with Crippen LogP contribution in [0.15, 0.2) is 52.1 Å². The third kappa shape index (κ3) is 3.32. The van der Waals surface area contributed by atoms with Crippen molar-refractivity contribution >= 4 is 23.3 Å². The number of hydrogen-bond acceptors (Lipinski definition) is 6. The molecule has 156 valence electrons. The van der Waals surface area contributed by atoms with Gasteiger partial charge in [0.05, 0.1) is 18.5 Å². The minimum Gasteiger partial charge on any atom is -0.506 e. The lowest BCUT2D eigenvalue weighted by molar-refractivity contribution is 0.204. The van der Waals surface area contributed by atoms with Gasteiger partial charge in [-0.25, -0.2) is 23.4 Å². The first kappa shape index (κ1) is 20.5. The summed E-state index contributed by atoms with van der Waals surface area (Å²) >= 11 is 0. The second-order valence-electron chi connectivity index (χ2n) is 6.17. The number of amides is 1. The van der Waals surface area contributed by atoms with Gasteiger partial charge in [0.25, 0.3) is 5.56 Å². The van der Waals surface area contributed by atoms with Gasteiger partial charge in [-0.1, -0.05) is 0 Å². The van der Waals surface area contributed by atoms with Crippen LogP contribution >= 0.6 is 0 Å². The van der Waals surface area contributed by atoms with Gasteiger partial charge in [-0.2, -0.15) is 0 Å². The van der Waals surface area contributed by atoms with Gasteiger partial charge in [-0.05, 0) is 36.4 Å². The highest BCUT2D eigenvalue weighted by Crippen LogP contribution is 2.37. The minimum atomic E-state index is -1.65. The molecule has 3 rings (SSSR count). The van der Waals surface area contributed by atoms with Gasteiger partial charge in [-0.15, -0.1) is 0 Å². The molecule has 1 amide bonds. The predicted octanol–water partition coefficient (Wildman–Crippen LogP) is 1.79. The number of methoxy groups -OCH3 is 1. The molecule has 11 heteroatoms. The van der Waals surface area contributed by atoms with Crippen LogP contribution in [0.2, 0.25) is 0 Å². The van der Waals surface area contributed by atoms with E-state index < -0.39 is 40.4 Å². The first-order valence-corrected chi connectivity index (χ1v) is 8.45. The predicted molar refractivity (Wildman–Crippen MR) is 106 cm³/mol.